The lowest BCUT2D eigenvalue weighted by Crippen LogP contribution is -2.57. The molecule has 6 bridgehead atoms. The van der Waals surface area contributed by atoms with Crippen LogP contribution >= 0.6 is 0 Å². The average molecular weight is 1680 g/mol. The summed E-state index contributed by atoms with van der Waals surface area (Å²) in [7, 11) is 0. The van der Waals surface area contributed by atoms with Gasteiger partial charge in [0, 0.05) is 5.41 Å². The van der Waals surface area contributed by atoms with Gasteiger partial charge in [-0.05, 0) is 287 Å². The van der Waals surface area contributed by atoms with Crippen molar-refractivity contribution in [2.75, 3.05) is 0 Å². The van der Waals surface area contributed by atoms with Gasteiger partial charge < -0.3 is 37.9 Å². The summed E-state index contributed by atoms with van der Waals surface area (Å²) >= 11 is 0. The molecule has 3 atom stereocenters. The molecule has 0 aromatic rings. The number of fused-ring (bicyclic) bond motifs is 2. The summed E-state index contributed by atoms with van der Waals surface area (Å²) in [5.74, 6) is 4.61. The molecule has 16 heteroatoms. The van der Waals surface area contributed by atoms with E-state index in [9.17, 15) is 38.4 Å². The molecular weight excluding hydrogens is 1480 g/mol. The van der Waals surface area contributed by atoms with E-state index < -0.39 is 0 Å². The molecule has 0 aliphatic heterocycles. The van der Waals surface area contributed by atoms with Crippen LogP contribution in [0.2, 0.25) is 0 Å². The Balaban J connectivity index is -0.000000624. The Hall–Kier alpha value is -4.24. The maximum atomic E-state index is 12.0. The summed E-state index contributed by atoms with van der Waals surface area (Å²) in [5.41, 5.74) is -1.71. The van der Waals surface area contributed by atoms with E-state index in [2.05, 4.69) is 55.4 Å². The van der Waals surface area contributed by atoms with Crippen LogP contribution in [0.5, 0.6) is 0 Å². The van der Waals surface area contributed by atoms with Gasteiger partial charge in [0.25, 0.3) is 0 Å². The van der Waals surface area contributed by atoms with E-state index in [1.54, 1.807) is 0 Å². The molecule has 118 heavy (non-hydrogen) atoms. The van der Waals surface area contributed by atoms with Gasteiger partial charge in [-0.1, -0.05) is 225 Å². The van der Waals surface area contributed by atoms with E-state index in [1.807, 2.05) is 228 Å². The molecule has 10 fully saturated rings. The normalized spacial score (nSPS) is 23.1. The minimum Gasteiger partial charge on any atom is -0.460 e. The summed E-state index contributed by atoms with van der Waals surface area (Å²) in [4.78, 5) is 91.3. The number of ether oxygens (including phenoxy) is 8. The van der Waals surface area contributed by atoms with Gasteiger partial charge in [0.15, 0.2) is 0 Å². The minimum absolute atomic E-state index is 0.00116. The van der Waals surface area contributed by atoms with E-state index in [-0.39, 0.29) is 145 Å². The summed E-state index contributed by atoms with van der Waals surface area (Å²) in [6, 6.07) is 0. The van der Waals surface area contributed by atoms with Crippen LogP contribution in [-0.2, 0) is 76.3 Å². The molecule has 0 aromatic carbocycles. The Labute approximate surface area is 729 Å². The number of hydrogen-bond donors (Lipinski definition) is 0. The number of esters is 8. The molecule has 0 heterocycles. The topological polar surface area (TPSA) is 210 Å². The fourth-order valence-electron chi connectivity index (χ4n) is 17.1. The largest absolute Gasteiger partial charge is 0.460 e. The van der Waals surface area contributed by atoms with Crippen LogP contribution in [0.4, 0.5) is 0 Å². The molecule has 700 valence electrons. The van der Waals surface area contributed by atoms with E-state index in [0.29, 0.717) is 17.8 Å². The fraction of sp³-hybridized carbons (Fsp3) is 0.922. The second-order valence-electron chi connectivity index (χ2n) is 41.0. The molecule has 0 N–H and O–H groups in total. The van der Waals surface area contributed by atoms with Gasteiger partial charge in [-0.2, -0.15) is 0 Å². The summed E-state index contributed by atoms with van der Waals surface area (Å²) in [6.07, 6.45) is 36.0. The predicted octanol–water partition coefficient (Wildman–Crippen LogP) is 28.6. The smallest absolute Gasteiger partial charge is 0.308 e. The lowest BCUT2D eigenvalue weighted by molar-refractivity contribution is -0.201. The molecule has 10 saturated carbocycles. The van der Waals surface area contributed by atoms with Gasteiger partial charge in [0.2, 0.25) is 0 Å². The van der Waals surface area contributed by atoms with Crippen molar-refractivity contribution in [3.8, 4) is 0 Å². The van der Waals surface area contributed by atoms with Crippen LogP contribution < -0.4 is 0 Å². The zero-order valence-electron chi connectivity index (χ0n) is 85.2. The van der Waals surface area contributed by atoms with E-state index in [4.69, 9.17) is 37.9 Å². The Bertz CT molecular complexity index is 2610. The summed E-state index contributed by atoms with van der Waals surface area (Å²) in [6.45, 7) is 80.0. The second kappa shape index (κ2) is 58.1. The molecule has 10 aliphatic rings. The van der Waals surface area contributed by atoms with E-state index in [0.717, 1.165) is 55.8 Å². The zero-order chi connectivity index (χ0) is 92.9. The minimum atomic E-state index is -0.346. The van der Waals surface area contributed by atoms with E-state index in [1.165, 1.54) is 154 Å². The predicted molar refractivity (Wildman–Crippen MR) is 492 cm³/mol. The maximum absolute atomic E-state index is 12.0. The van der Waals surface area contributed by atoms with Gasteiger partial charge in [0.05, 0.1) is 47.3 Å². The highest BCUT2D eigenvalue weighted by Gasteiger charge is 2.59. The third-order valence-corrected chi connectivity index (χ3v) is 23.9. The summed E-state index contributed by atoms with van der Waals surface area (Å²) < 4.78 is 43.8. The first-order valence-electron chi connectivity index (χ1n) is 48.2. The molecule has 0 amide bonds. The highest BCUT2D eigenvalue weighted by atomic mass is 16.6. The molecule has 0 saturated heterocycles. The van der Waals surface area contributed by atoms with Gasteiger partial charge in [-0.15, -0.1) is 0 Å². The molecule has 0 radical (unpaired) electrons. The van der Waals surface area contributed by atoms with Crippen LogP contribution in [0.15, 0.2) is 0 Å². The van der Waals surface area contributed by atoms with Crippen molar-refractivity contribution >= 4 is 47.8 Å². The van der Waals surface area contributed by atoms with Gasteiger partial charge >= 0.3 is 47.8 Å². The van der Waals surface area contributed by atoms with Gasteiger partial charge in [0.1, 0.15) is 44.8 Å². The third-order valence-electron chi connectivity index (χ3n) is 23.9. The first-order valence-corrected chi connectivity index (χ1v) is 48.2. The van der Waals surface area contributed by atoms with Crippen LogP contribution in [0.25, 0.3) is 0 Å². The molecule has 0 aromatic heterocycles. The Morgan fingerprint density at radius 1 is 0.271 bits per heavy atom. The molecule has 3 unspecified atom stereocenters. The van der Waals surface area contributed by atoms with Crippen molar-refractivity contribution in [3.05, 3.63) is 0 Å². The van der Waals surface area contributed by atoms with Gasteiger partial charge in [-0.3, -0.25) is 38.4 Å². The number of carbonyl (C=O) groups excluding carboxylic acids is 8. The molecular formula is C102H196O16. The Morgan fingerprint density at radius 3 is 0.754 bits per heavy atom. The lowest BCUT2D eigenvalue weighted by Gasteiger charge is -2.61. The molecule has 0 spiro atoms. The van der Waals surface area contributed by atoms with Crippen LogP contribution in [0, 0.1) is 94.2 Å². The first-order chi connectivity index (χ1) is 54.4. The quantitative estimate of drug-likeness (QED) is 0.0979. The third kappa shape index (κ3) is 47.0. The molecule has 10 rings (SSSR count). The van der Waals surface area contributed by atoms with Gasteiger partial charge in [-0.25, -0.2) is 0 Å². The van der Waals surface area contributed by atoms with Crippen LogP contribution in [0.3, 0.4) is 0 Å². The van der Waals surface area contributed by atoms with Crippen molar-refractivity contribution in [1.29, 1.82) is 0 Å². The highest BCUT2D eigenvalue weighted by Crippen LogP contribution is 2.64. The van der Waals surface area contributed by atoms with Crippen molar-refractivity contribution in [2.45, 2.75) is 515 Å². The molecule has 10 aliphatic carbocycles. The fourth-order valence-corrected chi connectivity index (χ4v) is 17.1. The standard InChI is InChI=1S/C17H28O2.2C13H24O2.C12H20O2.C11H20O2.C10H18O2.2C8H16O2.5C2H6/c1-11(2)15(18)19-16(3,4)17-8-12-5-13(9-17)7-14(6-12)10-17;2*1-10(2)12(14)15-13(3,4)11-8-6-5-7-9-11;1-8(2)11(13)14-12(3)7-9-4-5-10(12)6-9;1-9(2)10(12)13-11(3)7-5-4-6-8-11;1-8(2)9(11)12-10(3)6-4-5-7-10;2*1-6(2)7(9)10-8(3,4)5;5*1-2/h11-14H,5-10H2,1-4H3;2*10-11H,5-9H2,1-4H3;8-10H,4-7H2,1-3H3;9H,4-8H2,1-3H3;8H,4-7H2,1-3H3;2*6H,1-5H3;5*1-2H3. The van der Waals surface area contributed by atoms with Crippen LogP contribution in [0.1, 0.15) is 470 Å². The number of hydrogen-bond acceptors (Lipinski definition) is 16. The Kier molecular flexibility index (Phi) is 59.1. The SMILES string of the molecule is CC.CC.CC.CC.CC.CC(C)C(=O)OC(C)(C)C.CC(C)C(=O)OC(C)(C)C.CC(C)C(=O)OC(C)(C)C12CC3CC(CC(C3)C1)C2.CC(C)C(=O)OC(C)(C)C1CCCCC1.CC(C)C(=O)OC(C)(C)C1CCCCC1.CC(C)C(=O)OC1(C)CC2CCC1C2.CC(C)C(=O)OC1(C)CCCC1.CC(C)C(=O)OC1(C)CCCCC1. The highest BCUT2D eigenvalue weighted by molar-refractivity contribution is 5.75. The zero-order valence-corrected chi connectivity index (χ0v) is 85.2. The maximum Gasteiger partial charge on any atom is 0.308 e. The second-order valence-corrected chi connectivity index (χ2v) is 41.0. The molecule has 16 nitrogen and oxygen atoms in total. The number of carbonyl (C=O) groups is 8. The van der Waals surface area contributed by atoms with Crippen molar-refractivity contribution in [1.82, 2.24) is 0 Å². The lowest BCUT2D eigenvalue weighted by atomic mass is 9.46. The van der Waals surface area contributed by atoms with Crippen LogP contribution in [-0.4, -0.2) is 92.6 Å². The first kappa shape index (κ1) is 120. The number of rotatable bonds is 17. The van der Waals surface area contributed by atoms with E-state index >= 15 is 0 Å². The average Bonchev–Trinajstić information content (AvgIpc) is 1.16. The van der Waals surface area contributed by atoms with Crippen molar-refractivity contribution in [2.24, 2.45) is 94.2 Å². The monoisotopic (exact) mass is 1680 g/mol. The van der Waals surface area contributed by atoms with Crippen molar-refractivity contribution < 1.29 is 76.3 Å². The Morgan fingerprint density at radius 2 is 0.517 bits per heavy atom. The van der Waals surface area contributed by atoms with Crippen molar-refractivity contribution in [3.63, 3.8) is 0 Å². The summed E-state index contributed by atoms with van der Waals surface area (Å²) in [5, 5.41) is 0.